The molecule has 4 aromatic rings. The number of carbonyl (C=O) groups is 1. The van der Waals surface area contributed by atoms with Crippen molar-refractivity contribution in [1.82, 2.24) is 14.7 Å². The number of amides is 1. The normalized spacial score (nSPS) is 23.7. The molecule has 1 aliphatic carbocycles. The van der Waals surface area contributed by atoms with Gasteiger partial charge in [0, 0.05) is 37.2 Å². The molecule has 1 amide bonds. The van der Waals surface area contributed by atoms with Gasteiger partial charge in [0.2, 0.25) is 0 Å². The third kappa shape index (κ3) is 4.24. The molecule has 0 spiro atoms. The molecule has 1 saturated heterocycles. The monoisotopic (exact) mass is 519 g/mol. The quantitative estimate of drug-likeness (QED) is 0.330. The van der Waals surface area contributed by atoms with Crippen molar-refractivity contribution < 1.29 is 27.5 Å². The molecule has 0 unspecified atom stereocenters. The highest BCUT2D eigenvalue weighted by molar-refractivity contribution is 5.89. The van der Waals surface area contributed by atoms with Crippen molar-refractivity contribution in [3.8, 4) is 11.1 Å². The summed E-state index contributed by atoms with van der Waals surface area (Å²) in [5.41, 5.74) is 5.25. The zero-order chi connectivity index (χ0) is 28.9. The van der Waals surface area contributed by atoms with Gasteiger partial charge in [0.25, 0.3) is 0 Å². The molecule has 3 aromatic heterocycles. The summed E-state index contributed by atoms with van der Waals surface area (Å²) in [6, 6.07) is 9.73. The lowest BCUT2D eigenvalue weighted by Gasteiger charge is -2.36. The number of hydrogen-bond acceptors (Lipinski definition) is 6. The lowest BCUT2D eigenvalue weighted by atomic mass is 9.92. The van der Waals surface area contributed by atoms with Gasteiger partial charge in [0.05, 0.1) is 39.2 Å². The predicted octanol–water partition coefficient (Wildman–Crippen LogP) is 5.35. The summed E-state index contributed by atoms with van der Waals surface area (Å²) >= 11 is 0. The lowest BCUT2D eigenvalue weighted by molar-refractivity contribution is -0.671. The van der Waals surface area contributed by atoms with Crippen molar-refractivity contribution in [3.63, 3.8) is 0 Å². The van der Waals surface area contributed by atoms with Crippen LogP contribution in [0.3, 0.4) is 0 Å². The number of benzene rings is 1. The molecule has 1 aliphatic heterocycles. The average molecular weight is 520 g/mol. The first-order valence-corrected chi connectivity index (χ1v) is 13.1. The maximum atomic E-state index is 13.2. The van der Waals surface area contributed by atoms with E-state index in [9.17, 15) is 4.79 Å². The highest BCUT2D eigenvalue weighted by atomic mass is 16.6. The number of cyclic esters (lactones) is 1. The fourth-order valence-corrected chi connectivity index (χ4v) is 5.98. The van der Waals surface area contributed by atoms with Gasteiger partial charge in [-0.15, -0.1) is 0 Å². The molecule has 2 aliphatic rings. The molecule has 2 fully saturated rings. The number of rotatable bonds is 5. The van der Waals surface area contributed by atoms with Crippen LogP contribution in [0.1, 0.15) is 65.6 Å². The van der Waals surface area contributed by atoms with E-state index in [0.717, 1.165) is 58.0 Å². The summed E-state index contributed by atoms with van der Waals surface area (Å²) in [7, 11) is -0.480. The van der Waals surface area contributed by atoms with Crippen LogP contribution < -0.4 is 9.47 Å². The SMILES string of the molecule is [2H]C([2H])([2H])OC1CCC(n2c([C@@H]3CCOC(=O)N3c3cc[n+](C)cc3)nc3cc(-c4c(C)noc4C)ccc32)CC1. The Morgan fingerprint density at radius 3 is 2.61 bits per heavy atom. The Labute approximate surface area is 226 Å². The van der Waals surface area contributed by atoms with Crippen LogP contribution >= 0.6 is 0 Å². The van der Waals surface area contributed by atoms with E-state index in [0.29, 0.717) is 25.9 Å². The Balaban J connectivity index is 1.45. The predicted molar refractivity (Wildman–Crippen MR) is 142 cm³/mol. The Morgan fingerprint density at radius 2 is 1.89 bits per heavy atom. The largest absolute Gasteiger partial charge is 0.449 e. The van der Waals surface area contributed by atoms with E-state index in [-0.39, 0.29) is 18.2 Å². The van der Waals surface area contributed by atoms with Gasteiger partial charge in [-0.25, -0.2) is 14.3 Å². The van der Waals surface area contributed by atoms with E-state index in [1.54, 1.807) is 4.90 Å². The highest BCUT2D eigenvalue weighted by Gasteiger charge is 2.38. The molecule has 38 heavy (non-hydrogen) atoms. The first kappa shape index (κ1) is 21.2. The van der Waals surface area contributed by atoms with Crippen LogP contribution in [0.5, 0.6) is 0 Å². The van der Waals surface area contributed by atoms with E-state index < -0.39 is 13.1 Å². The fraction of sp³-hybridized carbons (Fsp3) is 0.448. The molecule has 0 N–H and O–H groups in total. The summed E-state index contributed by atoms with van der Waals surface area (Å²) in [5.74, 6) is 1.54. The lowest BCUT2D eigenvalue weighted by Crippen LogP contribution is -2.42. The Bertz CT molecular complexity index is 1550. The number of fused-ring (bicyclic) bond motifs is 1. The number of imidazole rings is 1. The van der Waals surface area contributed by atoms with Crippen LogP contribution in [0.15, 0.2) is 47.2 Å². The van der Waals surface area contributed by atoms with Gasteiger partial charge in [-0.1, -0.05) is 11.2 Å². The maximum absolute atomic E-state index is 13.2. The van der Waals surface area contributed by atoms with E-state index in [1.807, 2.05) is 50.0 Å². The molecule has 1 aromatic carbocycles. The minimum Gasteiger partial charge on any atom is -0.449 e. The third-order valence-corrected chi connectivity index (χ3v) is 7.88. The molecule has 4 heterocycles. The number of ether oxygens (including phenoxy) is 2. The molecule has 1 saturated carbocycles. The van der Waals surface area contributed by atoms with Crippen molar-refractivity contribution in [3.05, 3.63) is 60.0 Å². The zero-order valence-corrected chi connectivity index (χ0v) is 21.9. The third-order valence-electron chi connectivity index (χ3n) is 7.88. The van der Waals surface area contributed by atoms with Crippen molar-refractivity contribution >= 4 is 22.8 Å². The van der Waals surface area contributed by atoms with Crippen LogP contribution in [0, 0.1) is 13.8 Å². The zero-order valence-electron chi connectivity index (χ0n) is 24.9. The topological polar surface area (TPSA) is 86.5 Å². The number of aromatic nitrogens is 4. The fourth-order valence-electron chi connectivity index (χ4n) is 5.98. The molecule has 9 nitrogen and oxygen atoms in total. The van der Waals surface area contributed by atoms with Crippen molar-refractivity contribution in [2.45, 2.75) is 64.1 Å². The Morgan fingerprint density at radius 1 is 1.11 bits per heavy atom. The van der Waals surface area contributed by atoms with Crippen LogP contribution in [-0.2, 0) is 16.5 Å². The van der Waals surface area contributed by atoms with E-state index in [1.165, 1.54) is 0 Å². The molecule has 198 valence electrons. The summed E-state index contributed by atoms with van der Waals surface area (Å²) < 4.78 is 43.0. The highest BCUT2D eigenvalue weighted by Crippen LogP contribution is 2.40. The Hall–Kier alpha value is -3.72. The summed E-state index contributed by atoms with van der Waals surface area (Å²) in [5, 5.41) is 4.12. The standard InChI is InChI=1S/C29H34N5O4/c1-18-27(19(2)38-31-18)20-5-10-25-24(17-20)30-28(33(25)21-6-8-23(36-4)9-7-21)26-13-16-37-29(35)34(26)22-11-14-32(3)15-12-22/h5,10-12,14-15,17,21,23,26H,6-9,13,16H2,1-4H3/q+1/t21?,23?,26-/m0/s1/i4D3. The van der Waals surface area contributed by atoms with Crippen molar-refractivity contribution in [2.24, 2.45) is 7.05 Å². The van der Waals surface area contributed by atoms with Crippen molar-refractivity contribution in [1.29, 1.82) is 0 Å². The number of anilines is 1. The van der Waals surface area contributed by atoms with E-state index in [2.05, 4.69) is 27.9 Å². The Kier molecular flexibility index (Phi) is 5.52. The maximum Gasteiger partial charge on any atom is 0.414 e. The van der Waals surface area contributed by atoms with Gasteiger partial charge in [0.1, 0.15) is 24.7 Å². The van der Waals surface area contributed by atoms with Gasteiger partial charge >= 0.3 is 6.09 Å². The number of nitrogens with zero attached hydrogens (tertiary/aromatic N) is 5. The molecular weight excluding hydrogens is 482 g/mol. The van der Waals surface area contributed by atoms with E-state index in [4.69, 9.17) is 23.1 Å². The van der Waals surface area contributed by atoms with Gasteiger partial charge < -0.3 is 18.6 Å². The molecular formula is C29H34N5O4+. The summed E-state index contributed by atoms with van der Waals surface area (Å²) in [6.07, 6.45) is 6.42. The van der Waals surface area contributed by atoms with Gasteiger partial charge in [0.15, 0.2) is 12.4 Å². The van der Waals surface area contributed by atoms with Crippen LogP contribution in [-0.4, -0.2) is 40.5 Å². The first-order chi connectivity index (χ1) is 19.6. The van der Waals surface area contributed by atoms with Gasteiger partial charge in [-0.3, -0.25) is 4.90 Å². The summed E-state index contributed by atoms with van der Waals surface area (Å²) in [6.45, 7) is 4.12. The minimum atomic E-state index is -2.41. The van der Waals surface area contributed by atoms with Crippen LogP contribution in [0.2, 0.25) is 0 Å². The molecule has 6 rings (SSSR count). The van der Waals surface area contributed by atoms with Crippen LogP contribution in [0.25, 0.3) is 22.2 Å². The first-order valence-electron chi connectivity index (χ1n) is 14.6. The second-order valence-corrected chi connectivity index (χ2v) is 10.3. The number of aryl methyl sites for hydroxylation is 3. The molecule has 0 radical (unpaired) electrons. The van der Waals surface area contributed by atoms with Gasteiger partial charge in [-0.05, 0) is 57.2 Å². The van der Waals surface area contributed by atoms with E-state index >= 15 is 0 Å². The van der Waals surface area contributed by atoms with Crippen molar-refractivity contribution in [2.75, 3.05) is 18.5 Å². The van der Waals surface area contributed by atoms with Crippen LogP contribution in [0.4, 0.5) is 10.5 Å². The number of carbonyl (C=O) groups excluding carboxylic acids is 1. The number of hydrogen-bond donors (Lipinski definition) is 0. The second-order valence-electron chi connectivity index (χ2n) is 10.3. The number of methoxy groups -OCH3 is 1. The molecule has 0 bridgehead atoms. The minimum absolute atomic E-state index is 0.0738. The second kappa shape index (κ2) is 9.87. The van der Waals surface area contributed by atoms with Gasteiger partial charge in [-0.2, -0.15) is 0 Å². The number of pyridine rings is 1. The summed E-state index contributed by atoms with van der Waals surface area (Å²) in [4.78, 5) is 20.1. The smallest absolute Gasteiger partial charge is 0.414 e. The molecule has 1 atom stereocenters. The average Bonchev–Trinajstić information content (AvgIpc) is 3.47. The molecule has 9 heteroatoms.